The van der Waals surface area contributed by atoms with Gasteiger partial charge >= 0.3 is 6.03 Å². The Morgan fingerprint density at radius 2 is 2.15 bits per heavy atom. The minimum atomic E-state index is -0.340. The zero-order valence-corrected chi connectivity index (χ0v) is 15.9. The Bertz CT molecular complexity index is 789. The number of urea groups is 1. The van der Waals surface area contributed by atoms with E-state index in [1.807, 2.05) is 41.5 Å². The molecular weight excluding hydrogens is 348 g/mol. The molecule has 0 aliphatic carbocycles. The number of hydrogen-bond donors (Lipinski definition) is 2. The third-order valence-corrected chi connectivity index (χ3v) is 5.31. The molecule has 0 spiro atoms. The van der Waals surface area contributed by atoms with Crippen LogP contribution in [-0.2, 0) is 11.2 Å². The van der Waals surface area contributed by atoms with Gasteiger partial charge in [-0.25, -0.2) is 9.78 Å². The highest BCUT2D eigenvalue weighted by atomic mass is 32.1. The highest BCUT2D eigenvalue weighted by Gasteiger charge is 2.23. The number of nitrogens with one attached hydrogen (secondary N) is 2. The van der Waals surface area contributed by atoms with Crippen LogP contribution in [0.25, 0.3) is 0 Å². The maximum atomic E-state index is 12.5. The molecule has 1 fully saturated rings. The standard InChI is InChI=1S/C19H24N4O2S/c1-13-6-5-8-15(10-13)20-18(25)22-19-21-16(12-26-19)11-17(24)23-9-4-3-7-14(23)2/h5-6,8,10,12,14H,3-4,7,9,11H2,1-2H3,(H2,20,21,22,25). The summed E-state index contributed by atoms with van der Waals surface area (Å²) >= 11 is 1.33. The number of likely N-dealkylation sites (tertiary alicyclic amines) is 1. The first kappa shape index (κ1) is 18.4. The summed E-state index contributed by atoms with van der Waals surface area (Å²) in [4.78, 5) is 30.9. The van der Waals surface area contributed by atoms with Crippen LogP contribution in [0.4, 0.5) is 15.6 Å². The van der Waals surface area contributed by atoms with Gasteiger partial charge in [-0.1, -0.05) is 12.1 Å². The lowest BCUT2D eigenvalue weighted by molar-refractivity contribution is -0.133. The summed E-state index contributed by atoms with van der Waals surface area (Å²) in [6, 6.07) is 7.54. The van der Waals surface area contributed by atoms with E-state index >= 15 is 0 Å². The number of rotatable bonds is 4. The van der Waals surface area contributed by atoms with Gasteiger partial charge in [-0.3, -0.25) is 10.1 Å². The zero-order chi connectivity index (χ0) is 18.5. The van der Waals surface area contributed by atoms with Gasteiger partial charge in [-0.15, -0.1) is 11.3 Å². The summed E-state index contributed by atoms with van der Waals surface area (Å²) in [7, 11) is 0. The molecule has 6 nitrogen and oxygen atoms in total. The average Bonchev–Trinajstić information content (AvgIpc) is 3.01. The first-order chi connectivity index (χ1) is 12.5. The molecule has 7 heteroatoms. The molecule has 1 unspecified atom stereocenters. The fourth-order valence-corrected chi connectivity index (χ4v) is 3.86. The van der Waals surface area contributed by atoms with Crippen molar-refractivity contribution in [3.8, 4) is 0 Å². The van der Waals surface area contributed by atoms with Crippen LogP contribution in [0.1, 0.15) is 37.4 Å². The molecule has 2 heterocycles. The van der Waals surface area contributed by atoms with E-state index < -0.39 is 0 Å². The molecule has 1 aromatic heterocycles. The van der Waals surface area contributed by atoms with Gasteiger partial charge < -0.3 is 10.2 Å². The smallest absolute Gasteiger partial charge is 0.325 e. The largest absolute Gasteiger partial charge is 0.340 e. The highest BCUT2D eigenvalue weighted by Crippen LogP contribution is 2.20. The SMILES string of the molecule is Cc1cccc(NC(=O)Nc2nc(CC(=O)N3CCCCC3C)cs2)c1. The lowest BCUT2D eigenvalue weighted by Crippen LogP contribution is -2.42. The molecule has 2 aromatic rings. The van der Waals surface area contributed by atoms with Crippen molar-refractivity contribution in [3.05, 3.63) is 40.9 Å². The van der Waals surface area contributed by atoms with E-state index in [-0.39, 0.29) is 18.4 Å². The van der Waals surface area contributed by atoms with Crippen molar-refractivity contribution >= 4 is 34.1 Å². The molecule has 26 heavy (non-hydrogen) atoms. The second kappa shape index (κ2) is 8.31. The predicted octanol–water partition coefficient (Wildman–Crippen LogP) is 4.04. The molecule has 1 saturated heterocycles. The summed E-state index contributed by atoms with van der Waals surface area (Å²) in [5, 5.41) is 7.82. The van der Waals surface area contributed by atoms with Crippen molar-refractivity contribution in [2.24, 2.45) is 0 Å². The number of aryl methyl sites for hydroxylation is 1. The number of carbonyl (C=O) groups is 2. The Morgan fingerprint density at radius 3 is 2.92 bits per heavy atom. The van der Waals surface area contributed by atoms with Crippen molar-refractivity contribution in [1.29, 1.82) is 0 Å². The van der Waals surface area contributed by atoms with Gasteiger partial charge in [0.1, 0.15) is 0 Å². The van der Waals surface area contributed by atoms with Crippen molar-refractivity contribution in [3.63, 3.8) is 0 Å². The maximum absolute atomic E-state index is 12.5. The number of benzene rings is 1. The Balaban J connectivity index is 1.54. The third-order valence-electron chi connectivity index (χ3n) is 4.50. The number of amides is 3. The topological polar surface area (TPSA) is 74.3 Å². The predicted molar refractivity (Wildman–Crippen MR) is 105 cm³/mol. The van der Waals surface area contributed by atoms with Crippen LogP contribution in [0.15, 0.2) is 29.6 Å². The van der Waals surface area contributed by atoms with E-state index in [9.17, 15) is 9.59 Å². The molecule has 3 rings (SSSR count). The van der Waals surface area contributed by atoms with E-state index in [2.05, 4.69) is 22.5 Å². The second-order valence-electron chi connectivity index (χ2n) is 6.70. The fraction of sp³-hybridized carbons (Fsp3) is 0.421. The van der Waals surface area contributed by atoms with E-state index in [1.54, 1.807) is 0 Å². The number of piperidine rings is 1. The molecule has 1 aromatic carbocycles. The molecule has 138 valence electrons. The quantitative estimate of drug-likeness (QED) is 0.851. The van der Waals surface area contributed by atoms with Gasteiger partial charge in [0, 0.05) is 23.7 Å². The molecule has 0 bridgehead atoms. The number of hydrogen-bond acceptors (Lipinski definition) is 4. The summed E-state index contributed by atoms with van der Waals surface area (Å²) in [5.41, 5.74) is 2.50. The minimum Gasteiger partial charge on any atom is -0.340 e. The fourth-order valence-electron chi connectivity index (χ4n) is 3.15. The van der Waals surface area contributed by atoms with Gasteiger partial charge in [0.25, 0.3) is 0 Å². The summed E-state index contributed by atoms with van der Waals surface area (Å²) in [5.74, 6) is 0.110. The molecule has 3 amide bonds. The van der Waals surface area contributed by atoms with E-state index in [0.29, 0.717) is 16.9 Å². The summed E-state index contributed by atoms with van der Waals surface area (Å²) in [6.45, 7) is 4.89. The van der Waals surface area contributed by atoms with Crippen molar-refractivity contribution < 1.29 is 9.59 Å². The van der Waals surface area contributed by atoms with Gasteiger partial charge in [0.05, 0.1) is 12.1 Å². The van der Waals surface area contributed by atoms with Crippen LogP contribution in [0, 0.1) is 6.92 Å². The monoisotopic (exact) mass is 372 g/mol. The molecule has 0 saturated carbocycles. The second-order valence-corrected chi connectivity index (χ2v) is 7.56. The summed E-state index contributed by atoms with van der Waals surface area (Å²) < 4.78 is 0. The molecule has 1 atom stereocenters. The zero-order valence-electron chi connectivity index (χ0n) is 15.1. The molecule has 0 radical (unpaired) electrons. The number of anilines is 2. The van der Waals surface area contributed by atoms with Crippen LogP contribution in [0.2, 0.25) is 0 Å². The van der Waals surface area contributed by atoms with E-state index in [4.69, 9.17) is 0 Å². The van der Waals surface area contributed by atoms with Crippen LogP contribution in [0.3, 0.4) is 0 Å². The maximum Gasteiger partial charge on any atom is 0.325 e. The van der Waals surface area contributed by atoms with Gasteiger partial charge in [0.2, 0.25) is 5.91 Å². The van der Waals surface area contributed by atoms with Gasteiger partial charge in [-0.2, -0.15) is 0 Å². The highest BCUT2D eigenvalue weighted by molar-refractivity contribution is 7.14. The summed E-state index contributed by atoms with van der Waals surface area (Å²) in [6.07, 6.45) is 3.60. The van der Waals surface area contributed by atoms with Crippen molar-refractivity contribution in [2.45, 2.75) is 45.6 Å². The van der Waals surface area contributed by atoms with Gasteiger partial charge in [-0.05, 0) is 50.8 Å². The Kier molecular flexibility index (Phi) is 5.88. The van der Waals surface area contributed by atoms with Crippen LogP contribution < -0.4 is 10.6 Å². The molecule has 1 aliphatic rings. The minimum absolute atomic E-state index is 0.110. The Labute approximate surface area is 157 Å². The first-order valence-corrected chi connectivity index (χ1v) is 9.78. The van der Waals surface area contributed by atoms with Crippen LogP contribution >= 0.6 is 11.3 Å². The van der Waals surface area contributed by atoms with Crippen LogP contribution in [-0.4, -0.2) is 34.4 Å². The Morgan fingerprint density at radius 1 is 1.31 bits per heavy atom. The normalized spacial score (nSPS) is 17.0. The van der Waals surface area contributed by atoms with Crippen molar-refractivity contribution in [2.75, 3.05) is 17.2 Å². The van der Waals surface area contributed by atoms with Crippen LogP contribution in [0.5, 0.6) is 0 Å². The number of aromatic nitrogens is 1. The first-order valence-electron chi connectivity index (χ1n) is 8.90. The molecule has 2 N–H and O–H groups in total. The lowest BCUT2D eigenvalue weighted by Gasteiger charge is -2.33. The van der Waals surface area contributed by atoms with E-state index in [0.717, 1.165) is 30.6 Å². The Hall–Kier alpha value is -2.41. The molecular formula is C19H24N4O2S. The van der Waals surface area contributed by atoms with E-state index in [1.165, 1.54) is 17.8 Å². The molecule has 1 aliphatic heterocycles. The number of nitrogens with zero attached hydrogens (tertiary/aromatic N) is 2. The lowest BCUT2D eigenvalue weighted by atomic mass is 10.0. The number of thiazole rings is 1. The number of carbonyl (C=O) groups excluding carboxylic acids is 2. The van der Waals surface area contributed by atoms with Crippen molar-refractivity contribution in [1.82, 2.24) is 9.88 Å². The van der Waals surface area contributed by atoms with Gasteiger partial charge in [0.15, 0.2) is 5.13 Å². The average molecular weight is 372 g/mol. The third kappa shape index (κ3) is 4.82.